The number of fused-ring (bicyclic) bond motifs is 1. The van der Waals surface area contributed by atoms with Gasteiger partial charge in [0, 0.05) is 11.6 Å². The van der Waals surface area contributed by atoms with Crippen molar-refractivity contribution in [2.45, 2.75) is 25.2 Å². The van der Waals surface area contributed by atoms with Crippen LogP contribution >= 0.6 is 10.9 Å². The number of rotatable bonds is 11. The van der Waals surface area contributed by atoms with Crippen molar-refractivity contribution in [2.24, 2.45) is 5.73 Å². The molecule has 1 unspecified atom stereocenters. The smallest absolute Gasteiger partial charge is 0.313 e. The number of carbonyl (C=O) groups is 4. The molecule has 0 saturated carbocycles. The Kier molecular flexibility index (Phi) is 9.64. The average Bonchev–Trinajstić information content (AvgIpc) is 3.43. The van der Waals surface area contributed by atoms with Crippen molar-refractivity contribution in [1.29, 1.82) is 0 Å². The number of primary amides is 1. The maximum Gasteiger partial charge on any atom is 0.313 e. The number of nitro groups is 1. The van der Waals surface area contributed by atoms with Crippen LogP contribution in [0.5, 0.6) is 0 Å². The Hall–Kier alpha value is -5.65. The number of nitrogen functional groups attached to an aromatic ring is 2. The number of methoxy groups -OCH3 is 1. The van der Waals surface area contributed by atoms with Gasteiger partial charge in [-0.25, -0.2) is 9.97 Å². The molecule has 1 aliphatic rings. The number of esters is 1. The zero-order valence-corrected chi connectivity index (χ0v) is 24.1. The van der Waals surface area contributed by atoms with E-state index >= 15 is 0 Å². The summed E-state index contributed by atoms with van der Waals surface area (Å²) in [7, 11) is -0.298. The van der Waals surface area contributed by atoms with E-state index in [-0.39, 0.29) is 62.7 Å². The molecule has 4 rings (SSSR count). The Balaban J connectivity index is 1.34. The third-order valence-corrected chi connectivity index (χ3v) is 9.07. The standard InChI is InChI=1S/C26H28N10O7S/c1-43-25(40)16(3-2-10-44-17(22(28)38)8-9-19(44)36(41)42)13-4-6-14(7-5-13)24(39)35-34-18(37)11-15-12-30-23-20(31-15)21(27)32-26(29)33-23/h4-9,12,16,44H,2-3,10-11H2,1H3,(H2,28,38)(H,34,37)(H,35,39)(H4,27,29,30,32,33)/t16-/m0/s1. The average molecular weight is 625 g/mol. The fourth-order valence-corrected chi connectivity index (χ4v) is 6.61. The van der Waals surface area contributed by atoms with Crippen LogP contribution in [0.4, 0.5) is 11.8 Å². The molecule has 8 N–H and O–H groups in total. The summed E-state index contributed by atoms with van der Waals surface area (Å²) < 4.78 is 4.94. The molecular formula is C26H28N10O7S. The molecule has 0 fully saturated rings. The van der Waals surface area contributed by atoms with E-state index in [9.17, 15) is 29.3 Å². The molecule has 1 aromatic carbocycles. The van der Waals surface area contributed by atoms with Crippen molar-refractivity contribution in [1.82, 2.24) is 30.8 Å². The fourth-order valence-electron chi connectivity index (χ4n) is 4.42. The van der Waals surface area contributed by atoms with E-state index in [1.807, 2.05) is 0 Å². The molecule has 0 radical (unpaired) electrons. The first-order valence-electron chi connectivity index (χ1n) is 12.9. The number of hydrogen-bond donors (Lipinski definition) is 6. The molecule has 0 spiro atoms. The number of benzene rings is 1. The molecular weight excluding hydrogens is 596 g/mol. The van der Waals surface area contributed by atoms with Gasteiger partial charge in [0.15, 0.2) is 17.0 Å². The van der Waals surface area contributed by atoms with Crippen LogP contribution in [-0.2, 0) is 25.5 Å². The highest BCUT2D eigenvalue weighted by Crippen LogP contribution is 2.48. The van der Waals surface area contributed by atoms with Crippen LogP contribution in [0.25, 0.3) is 11.2 Å². The van der Waals surface area contributed by atoms with Gasteiger partial charge in [0.2, 0.25) is 11.9 Å². The summed E-state index contributed by atoms with van der Waals surface area (Å²) in [5.74, 6) is -2.94. The molecule has 3 amide bonds. The number of hydrazine groups is 1. The second-order valence-corrected chi connectivity index (χ2v) is 11.6. The van der Waals surface area contributed by atoms with Crippen molar-refractivity contribution < 1.29 is 28.8 Å². The molecule has 17 nitrogen and oxygen atoms in total. The summed E-state index contributed by atoms with van der Waals surface area (Å²) in [4.78, 5) is 76.4. The summed E-state index contributed by atoms with van der Waals surface area (Å²) >= 11 is 0. The number of nitrogens with two attached hydrogens (primary N) is 3. The van der Waals surface area contributed by atoms with Gasteiger partial charge in [-0.15, -0.1) is 10.9 Å². The van der Waals surface area contributed by atoms with Crippen LogP contribution < -0.4 is 28.1 Å². The van der Waals surface area contributed by atoms with E-state index in [4.69, 9.17) is 21.9 Å². The number of carbonyl (C=O) groups excluding carboxylic acids is 4. The van der Waals surface area contributed by atoms with Crippen molar-refractivity contribution in [3.05, 3.63) is 79.5 Å². The first-order valence-corrected chi connectivity index (χ1v) is 14.5. The highest BCUT2D eigenvalue weighted by molar-refractivity contribution is 8.24. The van der Waals surface area contributed by atoms with Crippen molar-refractivity contribution in [2.75, 3.05) is 24.3 Å². The van der Waals surface area contributed by atoms with E-state index in [2.05, 4.69) is 30.8 Å². The minimum atomic E-state index is -1.54. The Morgan fingerprint density at radius 1 is 1.07 bits per heavy atom. The van der Waals surface area contributed by atoms with E-state index in [1.165, 1.54) is 37.6 Å². The molecule has 1 aliphatic heterocycles. The van der Waals surface area contributed by atoms with Crippen LogP contribution in [0.2, 0.25) is 0 Å². The summed E-state index contributed by atoms with van der Waals surface area (Å²) in [5, 5.41) is 11.3. The SMILES string of the molecule is COC(=O)[C@@H](CCC[SH]1C(C(N)=O)=CC=C1[N+](=O)[O-])c1ccc(C(=O)NNC(=O)Cc2cnc3nc(N)nc(N)c3n2)cc1. The van der Waals surface area contributed by atoms with Gasteiger partial charge in [-0.05, 0) is 42.4 Å². The van der Waals surface area contributed by atoms with Crippen molar-refractivity contribution in [3.8, 4) is 0 Å². The summed E-state index contributed by atoms with van der Waals surface area (Å²) in [6.07, 6.45) is 4.39. The second kappa shape index (κ2) is 13.6. The highest BCUT2D eigenvalue weighted by Gasteiger charge is 2.31. The molecule has 3 heterocycles. The van der Waals surface area contributed by atoms with Gasteiger partial charge < -0.3 is 21.9 Å². The van der Waals surface area contributed by atoms with E-state index in [1.54, 1.807) is 12.1 Å². The van der Waals surface area contributed by atoms with Gasteiger partial charge in [-0.2, -0.15) is 9.97 Å². The number of amides is 3. The normalized spacial score (nSPS) is 15.5. The van der Waals surface area contributed by atoms with Gasteiger partial charge in [0.25, 0.3) is 16.8 Å². The topological polar surface area (TPSA) is 274 Å². The first-order chi connectivity index (χ1) is 21.0. The van der Waals surface area contributed by atoms with E-state index in [0.29, 0.717) is 12.0 Å². The maximum absolute atomic E-state index is 12.6. The zero-order chi connectivity index (χ0) is 32.0. The van der Waals surface area contributed by atoms with Crippen LogP contribution in [0.15, 0.2) is 52.5 Å². The Morgan fingerprint density at radius 2 is 1.80 bits per heavy atom. The van der Waals surface area contributed by atoms with E-state index in [0.717, 1.165) is 0 Å². The molecule has 0 bridgehead atoms. The Labute approximate surface area is 251 Å². The number of allylic oxidation sites excluding steroid dienone is 2. The third kappa shape index (κ3) is 7.21. The molecule has 2 aromatic heterocycles. The Bertz CT molecular complexity index is 1680. The van der Waals surface area contributed by atoms with E-state index < -0.39 is 45.4 Å². The van der Waals surface area contributed by atoms with Crippen LogP contribution in [0, 0.1) is 10.1 Å². The lowest BCUT2D eigenvalue weighted by Crippen LogP contribution is -2.42. The number of nitrogens with zero attached hydrogens (tertiary/aromatic N) is 5. The Morgan fingerprint density at radius 3 is 2.45 bits per heavy atom. The molecule has 3 aromatic rings. The summed E-state index contributed by atoms with van der Waals surface area (Å²) in [5.41, 5.74) is 22.7. The first kappa shape index (κ1) is 31.3. The van der Waals surface area contributed by atoms with Crippen molar-refractivity contribution >= 4 is 57.5 Å². The number of nitrogens with one attached hydrogen (secondary N) is 2. The number of thiol groups is 1. The predicted octanol–water partition coefficient (Wildman–Crippen LogP) is 0.127. The maximum atomic E-state index is 12.6. The van der Waals surface area contributed by atoms with Crippen LogP contribution in [-0.4, -0.2) is 61.4 Å². The van der Waals surface area contributed by atoms with Crippen LogP contribution in [0.1, 0.15) is 40.4 Å². The molecule has 44 heavy (non-hydrogen) atoms. The lowest BCUT2D eigenvalue weighted by atomic mass is 9.94. The minimum absolute atomic E-state index is 0.0126. The number of aromatic nitrogens is 4. The molecule has 230 valence electrons. The summed E-state index contributed by atoms with van der Waals surface area (Å²) in [6.45, 7) is 0. The largest absolute Gasteiger partial charge is 0.469 e. The van der Waals surface area contributed by atoms with Gasteiger partial charge >= 0.3 is 5.97 Å². The van der Waals surface area contributed by atoms with Crippen molar-refractivity contribution in [3.63, 3.8) is 0 Å². The lowest BCUT2D eigenvalue weighted by Gasteiger charge is -2.19. The van der Waals surface area contributed by atoms with Gasteiger partial charge in [0.1, 0.15) is 0 Å². The predicted molar refractivity (Wildman–Crippen MR) is 160 cm³/mol. The number of hydrogen-bond acceptors (Lipinski definition) is 13. The minimum Gasteiger partial charge on any atom is -0.469 e. The van der Waals surface area contributed by atoms with Crippen LogP contribution in [0.3, 0.4) is 0 Å². The molecule has 2 atom stereocenters. The van der Waals surface area contributed by atoms with Gasteiger partial charge in [-0.3, -0.25) is 40.1 Å². The second-order valence-electron chi connectivity index (χ2n) is 9.37. The number of ether oxygens (including phenoxy) is 1. The quantitative estimate of drug-likeness (QED) is 0.0717. The van der Waals surface area contributed by atoms with Gasteiger partial charge in [0.05, 0.1) is 41.2 Å². The highest BCUT2D eigenvalue weighted by atomic mass is 32.2. The third-order valence-electron chi connectivity index (χ3n) is 6.49. The molecule has 18 heteroatoms. The fraction of sp³-hybridized carbons (Fsp3) is 0.231. The zero-order valence-electron chi connectivity index (χ0n) is 23.2. The summed E-state index contributed by atoms with van der Waals surface area (Å²) in [6, 6.07) is 6.08. The molecule has 0 aliphatic carbocycles. The lowest BCUT2D eigenvalue weighted by molar-refractivity contribution is -0.410. The molecule has 0 saturated heterocycles. The monoisotopic (exact) mass is 624 g/mol. The van der Waals surface area contributed by atoms with Gasteiger partial charge in [-0.1, -0.05) is 12.1 Å². The number of anilines is 2.